The molecule has 2 amide bonds. The number of benzene rings is 1. The Balaban J connectivity index is 1.39. The van der Waals surface area contributed by atoms with Crippen molar-refractivity contribution in [2.45, 2.75) is 13.0 Å². The smallest absolute Gasteiger partial charge is 0.315 e. The molecule has 1 aromatic carbocycles. The largest absolute Gasteiger partial charge is 0.497 e. The summed E-state index contributed by atoms with van der Waals surface area (Å²) in [6.07, 6.45) is 2.43. The molecule has 2 heterocycles. The van der Waals surface area contributed by atoms with Crippen LogP contribution in [0, 0.1) is 0 Å². The van der Waals surface area contributed by atoms with Gasteiger partial charge in [-0.1, -0.05) is 12.1 Å². The number of rotatable bonds is 7. The van der Waals surface area contributed by atoms with Crippen LogP contribution in [0.3, 0.4) is 0 Å². The van der Waals surface area contributed by atoms with Crippen LogP contribution in [0.5, 0.6) is 5.75 Å². The van der Waals surface area contributed by atoms with Gasteiger partial charge in [-0.3, -0.25) is 0 Å². The van der Waals surface area contributed by atoms with E-state index in [-0.39, 0.29) is 6.03 Å². The molecule has 3 aromatic rings. The fourth-order valence-corrected chi connectivity index (χ4v) is 3.20. The lowest BCUT2D eigenvalue weighted by atomic mass is 10.1. The van der Waals surface area contributed by atoms with Crippen molar-refractivity contribution in [2.75, 3.05) is 13.7 Å². The van der Waals surface area contributed by atoms with Crippen LogP contribution in [0.15, 0.2) is 58.5 Å². The van der Waals surface area contributed by atoms with Gasteiger partial charge in [0.1, 0.15) is 11.5 Å². The summed E-state index contributed by atoms with van der Waals surface area (Å²) in [4.78, 5) is 13.0. The molecule has 0 bridgehead atoms. The van der Waals surface area contributed by atoms with E-state index in [1.165, 1.54) is 0 Å². The van der Waals surface area contributed by atoms with Crippen LogP contribution < -0.4 is 15.4 Å². The second kappa shape index (κ2) is 8.39. The maximum atomic E-state index is 11.9. The molecule has 0 fully saturated rings. The highest BCUT2D eigenvalue weighted by atomic mass is 32.1. The Kier molecular flexibility index (Phi) is 5.74. The SMILES string of the molecule is COc1ccc(CCNC(=O)NCc2cc(-c3ccco3)cs2)cc1. The highest BCUT2D eigenvalue weighted by Gasteiger charge is 2.06. The Bertz CT molecular complexity index is 794. The molecule has 0 aliphatic rings. The lowest BCUT2D eigenvalue weighted by Gasteiger charge is -2.07. The van der Waals surface area contributed by atoms with Crippen LogP contribution in [-0.4, -0.2) is 19.7 Å². The molecule has 3 rings (SSSR count). The summed E-state index contributed by atoms with van der Waals surface area (Å²) in [5.41, 5.74) is 2.19. The number of hydrogen-bond donors (Lipinski definition) is 2. The Morgan fingerprint density at radius 1 is 1.20 bits per heavy atom. The molecule has 25 heavy (non-hydrogen) atoms. The molecule has 0 saturated carbocycles. The minimum atomic E-state index is -0.165. The Morgan fingerprint density at radius 2 is 2.04 bits per heavy atom. The number of urea groups is 1. The second-order valence-corrected chi connectivity index (χ2v) is 6.48. The van der Waals surface area contributed by atoms with Crippen molar-refractivity contribution in [1.29, 1.82) is 0 Å². The van der Waals surface area contributed by atoms with Crippen molar-refractivity contribution in [3.05, 3.63) is 64.5 Å². The van der Waals surface area contributed by atoms with Gasteiger partial charge >= 0.3 is 6.03 Å². The highest BCUT2D eigenvalue weighted by molar-refractivity contribution is 7.10. The Morgan fingerprint density at radius 3 is 2.76 bits per heavy atom. The lowest BCUT2D eigenvalue weighted by Crippen LogP contribution is -2.36. The highest BCUT2D eigenvalue weighted by Crippen LogP contribution is 2.25. The van der Waals surface area contributed by atoms with E-state index >= 15 is 0 Å². The number of nitrogens with one attached hydrogen (secondary N) is 2. The molecule has 0 aliphatic carbocycles. The minimum absolute atomic E-state index is 0.165. The van der Waals surface area contributed by atoms with Crippen molar-refractivity contribution in [3.8, 4) is 17.1 Å². The minimum Gasteiger partial charge on any atom is -0.497 e. The molecule has 0 unspecified atom stereocenters. The van der Waals surface area contributed by atoms with E-state index in [1.807, 2.05) is 47.8 Å². The number of carbonyl (C=O) groups excluding carboxylic acids is 1. The van der Waals surface area contributed by atoms with E-state index in [0.717, 1.165) is 33.9 Å². The van der Waals surface area contributed by atoms with Crippen LogP contribution in [0.4, 0.5) is 4.79 Å². The Labute approximate surface area is 150 Å². The molecule has 5 nitrogen and oxygen atoms in total. The molecule has 6 heteroatoms. The van der Waals surface area contributed by atoms with Gasteiger partial charge in [0.05, 0.1) is 19.9 Å². The van der Waals surface area contributed by atoms with Crippen molar-refractivity contribution >= 4 is 17.4 Å². The quantitative estimate of drug-likeness (QED) is 0.671. The summed E-state index contributed by atoms with van der Waals surface area (Å²) in [7, 11) is 1.64. The first-order valence-corrected chi connectivity index (χ1v) is 8.88. The molecule has 2 N–H and O–H groups in total. The third kappa shape index (κ3) is 4.87. The predicted octanol–water partition coefficient (Wildman–Crippen LogP) is 4.06. The fraction of sp³-hybridized carbons (Fsp3) is 0.211. The number of carbonyl (C=O) groups is 1. The number of thiophene rings is 1. The van der Waals surface area contributed by atoms with Crippen LogP contribution in [-0.2, 0) is 13.0 Å². The van der Waals surface area contributed by atoms with Gasteiger partial charge < -0.3 is 19.8 Å². The maximum absolute atomic E-state index is 11.9. The molecular weight excluding hydrogens is 336 g/mol. The first kappa shape index (κ1) is 17.1. The second-order valence-electron chi connectivity index (χ2n) is 5.49. The van der Waals surface area contributed by atoms with Crippen LogP contribution >= 0.6 is 11.3 Å². The topological polar surface area (TPSA) is 63.5 Å². The number of amides is 2. The number of hydrogen-bond acceptors (Lipinski definition) is 4. The van der Waals surface area contributed by atoms with Crippen LogP contribution in [0.1, 0.15) is 10.4 Å². The van der Waals surface area contributed by atoms with E-state index in [9.17, 15) is 4.79 Å². The summed E-state index contributed by atoms with van der Waals surface area (Å²) >= 11 is 1.60. The average Bonchev–Trinajstić information content (AvgIpc) is 3.32. The number of ether oxygens (including phenoxy) is 1. The summed E-state index contributed by atoms with van der Waals surface area (Å²) < 4.78 is 10.5. The van der Waals surface area contributed by atoms with Gasteiger partial charge in [-0.15, -0.1) is 11.3 Å². The lowest BCUT2D eigenvalue weighted by molar-refractivity contribution is 0.240. The first-order valence-electron chi connectivity index (χ1n) is 8.00. The van der Waals surface area contributed by atoms with Gasteiger partial charge in [-0.2, -0.15) is 0 Å². The standard InChI is InChI=1S/C19H20N2O3S/c1-23-16-6-4-14(5-7-16)8-9-20-19(22)21-12-17-11-15(13-25-17)18-3-2-10-24-18/h2-7,10-11,13H,8-9,12H2,1H3,(H2,20,21,22). The van der Waals surface area contributed by atoms with E-state index < -0.39 is 0 Å². The predicted molar refractivity (Wildman–Crippen MR) is 99.0 cm³/mol. The van der Waals surface area contributed by atoms with Gasteiger partial charge in [0.2, 0.25) is 0 Å². The fourth-order valence-electron chi connectivity index (χ4n) is 2.39. The van der Waals surface area contributed by atoms with Gasteiger partial charge in [-0.05, 0) is 42.3 Å². The number of furan rings is 1. The zero-order chi connectivity index (χ0) is 17.5. The summed E-state index contributed by atoms with van der Waals surface area (Å²) in [5, 5.41) is 7.77. The van der Waals surface area contributed by atoms with Gasteiger partial charge in [0.15, 0.2) is 0 Å². The third-order valence-electron chi connectivity index (χ3n) is 3.74. The van der Waals surface area contributed by atoms with Crippen molar-refractivity contribution in [1.82, 2.24) is 10.6 Å². The summed E-state index contributed by atoms with van der Waals surface area (Å²) in [6, 6.07) is 13.5. The van der Waals surface area contributed by atoms with Crippen molar-refractivity contribution in [3.63, 3.8) is 0 Å². The van der Waals surface area contributed by atoms with Gasteiger partial charge in [-0.25, -0.2) is 4.79 Å². The van der Waals surface area contributed by atoms with Crippen LogP contribution in [0.25, 0.3) is 11.3 Å². The normalized spacial score (nSPS) is 10.4. The summed E-state index contributed by atoms with van der Waals surface area (Å²) in [5.74, 6) is 1.67. The van der Waals surface area contributed by atoms with Crippen LogP contribution in [0.2, 0.25) is 0 Å². The number of methoxy groups -OCH3 is 1. The average molecular weight is 356 g/mol. The first-order chi connectivity index (χ1) is 12.2. The monoisotopic (exact) mass is 356 g/mol. The molecule has 0 saturated heterocycles. The van der Waals surface area contributed by atoms with Gasteiger partial charge in [0, 0.05) is 22.4 Å². The van der Waals surface area contributed by atoms with Crippen molar-refractivity contribution in [2.24, 2.45) is 0 Å². The molecular formula is C19H20N2O3S. The van der Waals surface area contributed by atoms with E-state index in [4.69, 9.17) is 9.15 Å². The molecule has 0 atom stereocenters. The van der Waals surface area contributed by atoms with Crippen molar-refractivity contribution < 1.29 is 13.9 Å². The van der Waals surface area contributed by atoms with E-state index in [2.05, 4.69) is 10.6 Å². The summed E-state index contributed by atoms with van der Waals surface area (Å²) in [6.45, 7) is 1.08. The van der Waals surface area contributed by atoms with Gasteiger partial charge in [0.25, 0.3) is 0 Å². The molecule has 0 radical (unpaired) electrons. The van der Waals surface area contributed by atoms with E-state index in [0.29, 0.717) is 13.1 Å². The Hall–Kier alpha value is -2.73. The molecule has 0 spiro atoms. The zero-order valence-corrected chi connectivity index (χ0v) is 14.8. The molecule has 130 valence electrons. The third-order valence-corrected chi connectivity index (χ3v) is 4.68. The zero-order valence-electron chi connectivity index (χ0n) is 14.0. The maximum Gasteiger partial charge on any atom is 0.315 e. The van der Waals surface area contributed by atoms with E-state index in [1.54, 1.807) is 24.7 Å². The molecule has 2 aromatic heterocycles. The molecule has 0 aliphatic heterocycles.